The van der Waals surface area contributed by atoms with E-state index in [1.807, 2.05) is 6.07 Å². The van der Waals surface area contributed by atoms with Crippen LogP contribution in [0.15, 0.2) is 47.5 Å². The first-order valence-electron chi connectivity index (χ1n) is 16.4. The number of esters is 1. The standard InChI is InChI=1S/C35H43N5O8/c1-4-47-34(45)35(18-23-7-8-23)19-24-9-12-28(46-3)29(16-24)48-20-31(42)36-13-15-40(14-5-6-30(41)37-21-35)32(43)25-10-11-26-27(17-25)38-22-39(2)33(26)44/h9-12,16-17,22-23H,4-8,13-15,18-21H2,1-3H3,(H,36,42)(H,37,41). The molecule has 13 nitrogen and oxygen atoms in total. The van der Waals surface area contributed by atoms with Gasteiger partial charge in [-0.15, -0.1) is 0 Å². The lowest BCUT2D eigenvalue weighted by atomic mass is 9.76. The number of fused-ring (bicyclic) bond motifs is 3. The zero-order chi connectivity index (χ0) is 34.3. The molecule has 1 fully saturated rings. The zero-order valence-corrected chi connectivity index (χ0v) is 27.7. The van der Waals surface area contributed by atoms with Crippen LogP contribution in [-0.2, 0) is 32.6 Å². The number of nitrogens with one attached hydrogen (secondary N) is 2. The summed E-state index contributed by atoms with van der Waals surface area (Å²) in [7, 11) is 3.11. The monoisotopic (exact) mass is 661 g/mol. The van der Waals surface area contributed by atoms with Gasteiger partial charge in [0.05, 0.1) is 36.4 Å². The Balaban J connectivity index is 1.40. The number of rotatable bonds is 6. The van der Waals surface area contributed by atoms with Crippen LogP contribution in [0.3, 0.4) is 0 Å². The highest BCUT2D eigenvalue weighted by atomic mass is 16.5. The number of amides is 3. The van der Waals surface area contributed by atoms with E-state index < -0.39 is 11.3 Å². The molecule has 3 amide bonds. The second-order valence-electron chi connectivity index (χ2n) is 12.5. The molecule has 2 aromatic carbocycles. The summed E-state index contributed by atoms with van der Waals surface area (Å²) in [6.45, 7) is 2.31. The van der Waals surface area contributed by atoms with E-state index in [1.54, 1.807) is 49.2 Å². The lowest BCUT2D eigenvalue weighted by Crippen LogP contribution is -2.46. The minimum atomic E-state index is -1.01. The first kappa shape index (κ1) is 34.4. The number of nitrogens with zero attached hydrogens (tertiary/aromatic N) is 3. The quantitative estimate of drug-likeness (QED) is 0.379. The van der Waals surface area contributed by atoms with Gasteiger partial charge in [0.1, 0.15) is 0 Å². The summed E-state index contributed by atoms with van der Waals surface area (Å²) in [4.78, 5) is 71.6. The highest BCUT2D eigenvalue weighted by molar-refractivity contribution is 5.97. The van der Waals surface area contributed by atoms with Crippen molar-refractivity contribution in [1.82, 2.24) is 25.1 Å². The van der Waals surface area contributed by atoms with Crippen molar-refractivity contribution in [2.24, 2.45) is 18.4 Å². The zero-order valence-electron chi connectivity index (χ0n) is 27.7. The van der Waals surface area contributed by atoms with Crippen molar-refractivity contribution in [3.63, 3.8) is 0 Å². The third-order valence-corrected chi connectivity index (χ3v) is 8.83. The van der Waals surface area contributed by atoms with Gasteiger partial charge >= 0.3 is 5.97 Å². The summed E-state index contributed by atoms with van der Waals surface area (Å²) in [6, 6.07) is 10.1. The first-order chi connectivity index (χ1) is 23.1. The number of hydrogen-bond donors (Lipinski definition) is 2. The molecule has 2 aliphatic rings. The Labute approximate surface area is 278 Å². The topological polar surface area (TPSA) is 158 Å². The third kappa shape index (κ3) is 8.31. The van der Waals surface area contributed by atoms with Gasteiger partial charge in [-0.05, 0) is 68.0 Å². The van der Waals surface area contributed by atoms with Gasteiger partial charge in [-0.1, -0.05) is 18.9 Å². The van der Waals surface area contributed by atoms with Gasteiger partial charge in [0.25, 0.3) is 17.4 Å². The van der Waals surface area contributed by atoms with Crippen LogP contribution in [-0.4, -0.2) is 84.6 Å². The third-order valence-electron chi connectivity index (χ3n) is 8.83. The number of carbonyl (C=O) groups excluding carboxylic acids is 4. The van der Waals surface area contributed by atoms with Gasteiger partial charge in [0.15, 0.2) is 18.1 Å². The Bertz CT molecular complexity index is 1740. The van der Waals surface area contributed by atoms with Crippen LogP contribution in [0.2, 0.25) is 0 Å². The van der Waals surface area contributed by atoms with Crippen LogP contribution >= 0.6 is 0 Å². The van der Waals surface area contributed by atoms with Crippen LogP contribution in [0.4, 0.5) is 0 Å². The summed E-state index contributed by atoms with van der Waals surface area (Å²) in [5, 5.41) is 6.18. The van der Waals surface area contributed by atoms with Gasteiger partial charge in [-0.2, -0.15) is 0 Å². The molecule has 1 saturated carbocycles. The highest BCUT2D eigenvalue weighted by Crippen LogP contribution is 2.43. The fourth-order valence-electron chi connectivity index (χ4n) is 6.08. The summed E-state index contributed by atoms with van der Waals surface area (Å²) >= 11 is 0. The Hall–Kier alpha value is -4.94. The van der Waals surface area contributed by atoms with Gasteiger partial charge in [-0.25, -0.2) is 4.98 Å². The number of aromatic nitrogens is 2. The maximum absolute atomic E-state index is 13.7. The van der Waals surface area contributed by atoms with Crippen molar-refractivity contribution in [2.45, 2.75) is 45.4 Å². The molecule has 1 unspecified atom stereocenters. The van der Waals surface area contributed by atoms with E-state index in [0.29, 0.717) is 53.1 Å². The molecule has 2 heterocycles. The fraction of sp³-hybridized carbons (Fsp3) is 0.486. The maximum Gasteiger partial charge on any atom is 0.314 e. The number of aryl methyl sites for hydroxylation is 1. The van der Waals surface area contributed by atoms with E-state index >= 15 is 0 Å². The second kappa shape index (κ2) is 15.3. The van der Waals surface area contributed by atoms with Crippen LogP contribution in [0.1, 0.15) is 54.9 Å². The molecular weight excluding hydrogens is 618 g/mol. The molecule has 1 aliphatic heterocycles. The summed E-state index contributed by atoms with van der Waals surface area (Å²) < 4.78 is 18.3. The number of ether oxygens (including phenoxy) is 3. The molecule has 2 N–H and O–H groups in total. The average molecular weight is 662 g/mol. The summed E-state index contributed by atoms with van der Waals surface area (Å²) in [5.74, 6) is -0.208. The predicted molar refractivity (Wildman–Crippen MR) is 177 cm³/mol. The van der Waals surface area contributed by atoms with Gasteiger partial charge in [0, 0.05) is 45.2 Å². The fourth-order valence-corrected chi connectivity index (χ4v) is 6.08. The molecule has 48 heavy (non-hydrogen) atoms. The van der Waals surface area contributed by atoms with Crippen molar-refractivity contribution in [3.05, 3.63) is 64.2 Å². The Morgan fingerprint density at radius 3 is 2.62 bits per heavy atom. The van der Waals surface area contributed by atoms with Gasteiger partial charge in [0.2, 0.25) is 5.91 Å². The largest absolute Gasteiger partial charge is 0.493 e. The number of carbonyl (C=O) groups is 4. The molecule has 0 spiro atoms. The van der Waals surface area contributed by atoms with E-state index in [-0.39, 0.29) is 69.2 Å². The molecule has 0 saturated heterocycles. The number of hydrogen-bond acceptors (Lipinski definition) is 9. The highest BCUT2D eigenvalue weighted by Gasteiger charge is 2.45. The van der Waals surface area contributed by atoms with Crippen molar-refractivity contribution in [3.8, 4) is 11.5 Å². The Morgan fingerprint density at radius 2 is 1.88 bits per heavy atom. The van der Waals surface area contributed by atoms with E-state index in [9.17, 15) is 24.0 Å². The number of benzene rings is 2. The van der Waals surface area contributed by atoms with E-state index in [2.05, 4.69) is 15.6 Å². The average Bonchev–Trinajstić information content (AvgIpc) is 3.90. The Morgan fingerprint density at radius 1 is 1.06 bits per heavy atom. The Kier molecular flexibility index (Phi) is 11.0. The molecule has 5 rings (SSSR count). The molecule has 1 aliphatic carbocycles. The minimum Gasteiger partial charge on any atom is -0.493 e. The predicted octanol–water partition coefficient (Wildman–Crippen LogP) is 2.38. The van der Waals surface area contributed by atoms with Crippen molar-refractivity contribution < 1.29 is 33.4 Å². The van der Waals surface area contributed by atoms with Crippen LogP contribution < -0.4 is 25.7 Å². The molecule has 2 bridgehead atoms. The van der Waals surface area contributed by atoms with Crippen LogP contribution in [0, 0.1) is 11.3 Å². The van der Waals surface area contributed by atoms with Gasteiger partial charge < -0.3 is 34.3 Å². The summed E-state index contributed by atoms with van der Waals surface area (Å²) in [6.07, 6.45) is 4.74. The van der Waals surface area contributed by atoms with Gasteiger partial charge in [-0.3, -0.25) is 24.0 Å². The molecule has 0 radical (unpaired) electrons. The number of methoxy groups -OCH3 is 1. The molecular formula is C35H43N5O8. The first-order valence-corrected chi connectivity index (χ1v) is 16.4. The lowest BCUT2D eigenvalue weighted by Gasteiger charge is -2.32. The van der Waals surface area contributed by atoms with E-state index in [0.717, 1.165) is 18.4 Å². The molecule has 1 aromatic heterocycles. The summed E-state index contributed by atoms with van der Waals surface area (Å²) in [5.41, 5.74) is 0.282. The second-order valence-corrected chi connectivity index (χ2v) is 12.5. The normalized spacial score (nSPS) is 19.7. The van der Waals surface area contributed by atoms with Crippen molar-refractivity contribution >= 4 is 34.6 Å². The van der Waals surface area contributed by atoms with Crippen LogP contribution in [0.25, 0.3) is 10.9 Å². The molecule has 1 atom stereocenters. The van der Waals surface area contributed by atoms with E-state index in [4.69, 9.17) is 14.2 Å². The van der Waals surface area contributed by atoms with Crippen molar-refractivity contribution in [1.29, 1.82) is 0 Å². The van der Waals surface area contributed by atoms with E-state index in [1.165, 1.54) is 18.0 Å². The molecule has 256 valence electrons. The molecule has 13 heteroatoms. The van der Waals surface area contributed by atoms with Crippen LogP contribution in [0.5, 0.6) is 11.5 Å². The minimum absolute atomic E-state index is 0.0952. The SMILES string of the molecule is CCOC(=O)C1(CC2CC2)CNC(=O)CCCN(C(=O)c2ccc3c(=O)n(C)cnc3c2)CCNC(=O)COc2cc(ccc2OC)C1. The maximum atomic E-state index is 13.7. The smallest absolute Gasteiger partial charge is 0.314 e. The lowest BCUT2D eigenvalue weighted by molar-refractivity contribution is -0.156. The van der Waals surface area contributed by atoms with Crippen molar-refractivity contribution in [2.75, 3.05) is 46.5 Å². The molecule has 3 aromatic rings.